The third kappa shape index (κ3) is 5.83. The number of esters is 2. The maximum Gasteiger partial charge on any atom is 0.349 e. The van der Waals surface area contributed by atoms with Crippen LogP contribution in [0.3, 0.4) is 0 Å². The number of phenolic OH excluding ortho intramolecular Hbond substituents is 1. The van der Waals surface area contributed by atoms with E-state index >= 15 is 0 Å². The molecular formula is C24H31NO4. The van der Waals surface area contributed by atoms with Crippen LogP contribution in [0.5, 0.6) is 5.75 Å². The number of rotatable bonds is 10. The van der Waals surface area contributed by atoms with E-state index in [1.807, 2.05) is 24.8 Å². The fourth-order valence-corrected chi connectivity index (χ4v) is 3.40. The molecule has 2 aromatic rings. The monoisotopic (exact) mass is 397 g/mol. The molecule has 156 valence electrons. The van der Waals surface area contributed by atoms with Crippen molar-refractivity contribution in [3.05, 3.63) is 59.2 Å². The van der Waals surface area contributed by atoms with Crippen molar-refractivity contribution in [1.29, 1.82) is 0 Å². The van der Waals surface area contributed by atoms with E-state index in [1.165, 1.54) is 6.42 Å². The Morgan fingerprint density at radius 3 is 2.21 bits per heavy atom. The van der Waals surface area contributed by atoms with Crippen molar-refractivity contribution >= 4 is 17.6 Å². The van der Waals surface area contributed by atoms with Gasteiger partial charge in [-0.1, -0.05) is 50.5 Å². The van der Waals surface area contributed by atoms with E-state index in [9.17, 15) is 14.7 Å². The molecule has 5 nitrogen and oxygen atoms in total. The smallest absolute Gasteiger partial charge is 0.349 e. The molecule has 0 amide bonds. The van der Waals surface area contributed by atoms with Crippen LogP contribution in [-0.2, 0) is 11.2 Å². The molecule has 5 heteroatoms. The highest BCUT2D eigenvalue weighted by molar-refractivity contribution is 6.04. The zero-order valence-corrected chi connectivity index (χ0v) is 17.6. The lowest BCUT2D eigenvalue weighted by Gasteiger charge is -2.26. The Labute approximate surface area is 173 Å². The van der Waals surface area contributed by atoms with Crippen LogP contribution in [0.25, 0.3) is 0 Å². The summed E-state index contributed by atoms with van der Waals surface area (Å²) < 4.78 is 5.00. The van der Waals surface area contributed by atoms with Crippen LogP contribution in [0.4, 0.5) is 5.69 Å². The molecule has 0 aromatic heterocycles. The van der Waals surface area contributed by atoms with Gasteiger partial charge in [-0.2, -0.15) is 0 Å². The summed E-state index contributed by atoms with van der Waals surface area (Å²) in [6.07, 6.45) is 5.33. The number of carbonyl (C=O) groups excluding carboxylic acids is 2. The van der Waals surface area contributed by atoms with Gasteiger partial charge in [-0.25, -0.2) is 9.59 Å². The number of aryl methyl sites for hydroxylation is 1. The lowest BCUT2D eigenvalue weighted by Crippen LogP contribution is -2.24. The molecule has 0 fully saturated rings. The summed E-state index contributed by atoms with van der Waals surface area (Å²) in [7, 11) is 0. The first kappa shape index (κ1) is 22.5. The number of nitrogens with zero attached hydrogens (tertiary/aromatic N) is 1. The predicted molar refractivity (Wildman–Crippen MR) is 116 cm³/mol. The van der Waals surface area contributed by atoms with Crippen molar-refractivity contribution in [2.24, 2.45) is 0 Å². The maximum absolute atomic E-state index is 12.6. The molecule has 29 heavy (non-hydrogen) atoms. The first-order chi connectivity index (χ1) is 14.0. The van der Waals surface area contributed by atoms with Gasteiger partial charge >= 0.3 is 11.9 Å². The lowest BCUT2D eigenvalue weighted by molar-refractivity contribution is 0.0396. The summed E-state index contributed by atoms with van der Waals surface area (Å²) in [5.41, 5.74) is 1.96. The van der Waals surface area contributed by atoms with E-state index in [2.05, 4.69) is 6.92 Å². The summed E-state index contributed by atoms with van der Waals surface area (Å²) >= 11 is 0. The van der Waals surface area contributed by atoms with Gasteiger partial charge in [-0.3, -0.25) is 0 Å². The number of benzene rings is 2. The molecule has 0 radical (unpaired) electrons. The number of hydrogen-bond donors (Lipinski definition) is 1. The largest absolute Gasteiger partial charge is 0.505 e. The quantitative estimate of drug-likeness (QED) is 0.332. The van der Waals surface area contributed by atoms with Gasteiger partial charge in [0.15, 0.2) is 5.75 Å². The third-order valence-corrected chi connectivity index (χ3v) is 5.03. The van der Waals surface area contributed by atoms with Crippen molar-refractivity contribution < 1.29 is 19.4 Å². The van der Waals surface area contributed by atoms with Crippen LogP contribution in [0.2, 0.25) is 0 Å². The van der Waals surface area contributed by atoms with Gasteiger partial charge in [-0.05, 0) is 50.5 Å². The Kier molecular flexibility index (Phi) is 8.71. The Balaban J connectivity index is 2.28. The third-order valence-electron chi connectivity index (χ3n) is 5.03. The topological polar surface area (TPSA) is 66.8 Å². The molecule has 1 N–H and O–H groups in total. The van der Waals surface area contributed by atoms with Gasteiger partial charge in [0.2, 0.25) is 0 Å². The molecule has 2 rings (SSSR count). The van der Waals surface area contributed by atoms with Crippen LogP contribution in [0.15, 0.2) is 42.5 Å². The number of ether oxygens (including phenoxy) is 1. The van der Waals surface area contributed by atoms with E-state index in [4.69, 9.17) is 4.74 Å². The van der Waals surface area contributed by atoms with Crippen LogP contribution in [0.1, 0.15) is 72.7 Å². The van der Waals surface area contributed by atoms with Gasteiger partial charge < -0.3 is 14.7 Å². The Bertz CT molecular complexity index is 813. The Morgan fingerprint density at radius 2 is 1.59 bits per heavy atom. The second kappa shape index (κ2) is 11.2. The van der Waals surface area contributed by atoms with E-state index in [0.29, 0.717) is 18.8 Å². The second-order valence-corrected chi connectivity index (χ2v) is 7.00. The molecule has 0 aliphatic rings. The number of anilines is 1. The molecule has 0 heterocycles. The number of carbonyl (C=O) groups is 2. The number of hydrogen-bond acceptors (Lipinski definition) is 5. The van der Waals surface area contributed by atoms with E-state index < -0.39 is 11.9 Å². The predicted octanol–water partition coefficient (Wildman–Crippen LogP) is 5.36. The van der Waals surface area contributed by atoms with Gasteiger partial charge in [0.1, 0.15) is 5.56 Å². The SMILES string of the molecule is CCCCCCc1ccc(C(=O)OC(=O)c2ccccc2)c(O)c1N(CC)CC. The van der Waals surface area contributed by atoms with Gasteiger partial charge in [-0.15, -0.1) is 0 Å². The highest BCUT2D eigenvalue weighted by Crippen LogP contribution is 2.36. The standard InChI is InChI=1S/C24H31NO4/c1-4-7-8-10-13-18-16-17-20(22(26)21(18)25(5-2)6-3)24(28)29-23(27)19-14-11-9-12-15-19/h9,11-12,14-17,26H,4-8,10,13H2,1-3H3. The van der Waals surface area contributed by atoms with Crippen LogP contribution >= 0.6 is 0 Å². The average molecular weight is 398 g/mol. The fraction of sp³-hybridized carbons (Fsp3) is 0.417. The van der Waals surface area contributed by atoms with E-state index in [0.717, 1.165) is 31.2 Å². The summed E-state index contributed by atoms with van der Waals surface area (Å²) in [6, 6.07) is 11.8. The first-order valence-electron chi connectivity index (χ1n) is 10.4. The normalized spacial score (nSPS) is 10.6. The summed E-state index contributed by atoms with van der Waals surface area (Å²) in [5.74, 6) is -1.70. The summed E-state index contributed by atoms with van der Waals surface area (Å²) in [4.78, 5) is 26.8. The molecule has 0 atom stereocenters. The van der Waals surface area contributed by atoms with E-state index in [1.54, 1.807) is 36.4 Å². The Hall–Kier alpha value is -2.82. The molecular weight excluding hydrogens is 366 g/mol. The zero-order valence-electron chi connectivity index (χ0n) is 17.6. The zero-order chi connectivity index (χ0) is 21.2. The van der Waals surface area contributed by atoms with Crippen LogP contribution < -0.4 is 4.90 Å². The first-order valence-corrected chi connectivity index (χ1v) is 10.4. The van der Waals surface area contributed by atoms with Crippen molar-refractivity contribution in [2.45, 2.75) is 52.9 Å². The number of aromatic hydroxyl groups is 1. The highest BCUT2D eigenvalue weighted by atomic mass is 16.6. The maximum atomic E-state index is 12.6. The van der Waals surface area contributed by atoms with Crippen molar-refractivity contribution in [2.75, 3.05) is 18.0 Å². The molecule has 0 aliphatic carbocycles. The fourth-order valence-electron chi connectivity index (χ4n) is 3.40. The average Bonchev–Trinajstić information content (AvgIpc) is 2.74. The van der Waals surface area contributed by atoms with Crippen LogP contribution in [-0.4, -0.2) is 30.1 Å². The molecule has 0 bridgehead atoms. The Morgan fingerprint density at radius 1 is 0.897 bits per heavy atom. The van der Waals surface area contributed by atoms with E-state index in [-0.39, 0.29) is 16.9 Å². The van der Waals surface area contributed by atoms with Gasteiger partial charge in [0.25, 0.3) is 0 Å². The molecule has 0 aliphatic heterocycles. The lowest BCUT2D eigenvalue weighted by atomic mass is 10.00. The van der Waals surface area contributed by atoms with Crippen molar-refractivity contribution in [1.82, 2.24) is 0 Å². The number of unbranched alkanes of at least 4 members (excludes halogenated alkanes) is 3. The minimum absolute atomic E-state index is 0.00786. The molecule has 0 unspecified atom stereocenters. The second-order valence-electron chi connectivity index (χ2n) is 7.00. The summed E-state index contributed by atoms with van der Waals surface area (Å²) in [5, 5.41) is 10.9. The highest BCUT2D eigenvalue weighted by Gasteiger charge is 2.23. The van der Waals surface area contributed by atoms with Gasteiger partial charge in [0.05, 0.1) is 11.3 Å². The molecule has 0 saturated carbocycles. The minimum Gasteiger partial charge on any atom is -0.505 e. The summed E-state index contributed by atoms with van der Waals surface area (Å²) in [6.45, 7) is 7.59. The molecule has 0 saturated heterocycles. The van der Waals surface area contributed by atoms with Gasteiger partial charge in [0, 0.05) is 13.1 Å². The van der Waals surface area contributed by atoms with Crippen LogP contribution in [0, 0.1) is 0 Å². The minimum atomic E-state index is -0.845. The van der Waals surface area contributed by atoms with Crippen molar-refractivity contribution in [3.63, 3.8) is 0 Å². The van der Waals surface area contributed by atoms with Crippen molar-refractivity contribution in [3.8, 4) is 5.75 Å². The molecule has 0 spiro atoms. The molecule has 2 aromatic carbocycles. The number of phenols is 1.